The Hall–Kier alpha value is -2.80. The van der Waals surface area contributed by atoms with E-state index in [1.807, 2.05) is 19.1 Å². The van der Waals surface area contributed by atoms with Crippen molar-refractivity contribution in [3.8, 4) is 17.3 Å². The van der Waals surface area contributed by atoms with Crippen molar-refractivity contribution in [1.82, 2.24) is 14.8 Å². The van der Waals surface area contributed by atoms with Gasteiger partial charge in [0.15, 0.2) is 0 Å². The number of nitrogens with zero attached hydrogens (tertiary/aromatic N) is 3. The van der Waals surface area contributed by atoms with Crippen LogP contribution in [0, 0.1) is 0 Å². The molecule has 2 aromatic heterocycles. The lowest BCUT2D eigenvalue weighted by Gasteiger charge is -2.10. The van der Waals surface area contributed by atoms with Crippen LogP contribution in [-0.4, -0.2) is 27.8 Å². The van der Waals surface area contributed by atoms with Gasteiger partial charge < -0.3 is 19.0 Å². The maximum atomic E-state index is 12.3. The number of rotatable bonds is 6. The zero-order valence-electron chi connectivity index (χ0n) is 13.8. The second kappa shape index (κ2) is 7.40. The molecule has 2 heterocycles. The van der Waals surface area contributed by atoms with Crippen molar-refractivity contribution >= 4 is 23.2 Å². The van der Waals surface area contributed by atoms with Crippen molar-refractivity contribution in [3.63, 3.8) is 0 Å². The first kappa shape index (κ1) is 17.0. The molecule has 7 nitrogen and oxygen atoms in total. The third kappa shape index (κ3) is 3.83. The number of aryl methyl sites for hydroxylation is 1. The van der Waals surface area contributed by atoms with Gasteiger partial charge in [-0.2, -0.15) is 0 Å². The number of anilines is 1. The van der Waals surface area contributed by atoms with Gasteiger partial charge >= 0.3 is 0 Å². The number of nitrogens with one attached hydrogen (secondary N) is 1. The molecule has 3 aromatic rings. The summed E-state index contributed by atoms with van der Waals surface area (Å²) in [7, 11) is 1.54. The fourth-order valence-corrected chi connectivity index (χ4v) is 2.60. The summed E-state index contributed by atoms with van der Waals surface area (Å²) in [5.41, 5.74) is 1.28. The molecular weight excluding hydrogens is 344 g/mol. The van der Waals surface area contributed by atoms with Crippen molar-refractivity contribution < 1.29 is 13.9 Å². The first-order chi connectivity index (χ1) is 12.1. The highest BCUT2D eigenvalue weighted by molar-refractivity contribution is 6.32. The largest absolute Gasteiger partial charge is 0.495 e. The maximum absolute atomic E-state index is 12.3. The molecule has 3 rings (SSSR count). The highest BCUT2D eigenvalue weighted by atomic mass is 35.5. The molecule has 0 saturated heterocycles. The SMILES string of the molecule is CCc1nnc(-c2cccn2CC(=O)Nc2ccc(OC)c(Cl)c2)o1. The molecule has 0 aliphatic carbocycles. The highest BCUT2D eigenvalue weighted by Gasteiger charge is 2.14. The van der Waals surface area contributed by atoms with E-state index in [2.05, 4.69) is 15.5 Å². The van der Waals surface area contributed by atoms with Crippen LogP contribution in [0.3, 0.4) is 0 Å². The molecule has 0 spiro atoms. The average Bonchev–Trinajstić information content (AvgIpc) is 3.23. The first-order valence-electron chi connectivity index (χ1n) is 7.72. The summed E-state index contributed by atoms with van der Waals surface area (Å²) in [4.78, 5) is 12.3. The van der Waals surface area contributed by atoms with Gasteiger partial charge in [0.05, 0.1) is 12.1 Å². The second-order valence-electron chi connectivity index (χ2n) is 5.27. The van der Waals surface area contributed by atoms with Gasteiger partial charge in [0.2, 0.25) is 11.8 Å². The Morgan fingerprint density at radius 2 is 2.20 bits per heavy atom. The van der Waals surface area contributed by atoms with Crippen LogP contribution in [-0.2, 0) is 17.8 Å². The van der Waals surface area contributed by atoms with E-state index in [4.69, 9.17) is 20.8 Å². The molecule has 1 amide bonds. The van der Waals surface area contributed by atoms with Crippen LogP contribution >= 0.6 is 11.6 Å². The van der Waals surface area contributed by atoms with Gasteiger partial charge in [0, 0.05) is 18.3 Å². The lowest BCUT2D eigenvalue weighted by atomic mass is 10.3. The van der Waals surface area contributed by atoms with Gasteiger partial charge in [-0.3, -0.25) is 4.79 Å². The van der Waals surface area contributed by atoms with Crippen LogP contribution in [0.2, 0.25) is 5.02 Å². The smallest absolute Gasteiger partial charge is 0.264 e. The van der Waals surface area contributed by atoms with Crippen LogP contribution in [0.15, 0.2) is 40.9 Å². The van der Waals surface area contributed by atoms with E-state index in [0.29, 0.717) is 40.4 Å². The van der Waals surface area contributed by atoms with E-state index >= 15 is 0 Å². The molecule has 8 heteroatoms. The van der Waals surface area contributed by atoms with Crippen molar-refractivity contribution in [2.75, 3.05) is 12.4 Å². The van der Waals surface area contributed by atoms with Crippen molar-refractivity contribution in [1.29, 1.82) is 0 Å². The van der Waals surface area contributed by atoms with Crippen LogP contribution in [0.5, 0.6) is 5.75 Å². The van der Waals surface area contributed by atoms with E-state index in [1.54, 1.807) is 29.0 Å². The quantitative estimate of drug-likeness (QED) is 0.728. The predicted octanol–water partition coefficient (Wildman–Crippen LogP) is 3.40. The topological polar surface area (TPSA) is 82.2 Å². The van der Waals surface area contributed by atoms with Gasteiger partial charge in [-0.1, -0.05) is 18.5 Å². The summed E-state index contributed by atoms with van der Waals surface area (Å²) in [5.74, 6) is 1.30. The molecule has 1 aromatic carbocycles. The van der Waals surface area contributed by atoms with E-state index in [9.17, 15) is 4.79 Å². The standard InChI is InChI=1S/C17H17ClN4O3/c1-3-16-20-21-17(25-16)13-5-4-8-22(13)10-15(23)19-11-6-7-14(24-2)12(18)9-11/h4-9H,3,10H2,1-2H3,(H,19,23). The Kier molecular flexibility index (Phi) is 5.04. The molecule has 130 valence electrons. The number of carbonyl (C=O) groups is 1. The molecule has 0 atom stereocenters. The summed E-state index contributed by atoms with van der Waals surface area (Å²) in [6.45, 7) is 2.04. The lowest BCUT2D eigenvalue weighted by Crippen LogP contribution is -2.18. The average molecular weight is 361 g/mol. The minimum Gasteiger partial charge on any atom is -0.495 e. The molecule has 0 aliphatic rings. The van der Waals surface area contributed by atoms with E-state index in [1.165, 1.54) is 7.11 Å². The summed E-state index contributed by atoms with van der Waals surface area (Å²) >= 11 is 6.07. The Labute approximate surface area is 149 Å². The van der Waals surface area contributed by atoms with Crippen LogP contribution < -0.4 is 10.1 Å². The number of aromatic nitrogens is 3. The third-order valence-electron chi connectivity index (χ3n) is 3.57. The van der Waals surface area contributed by atoms with Crippen LogP contribution in [0.4, 0.5) is 5.69 Å². The number of hydrogen-bond acceptors (Lipinski definition) is 5. The van der Waals surface area contributed by atoms with Crippen molar-refractivity contribution in [2.24, 2.45) is 0 Å². The number of ether oxygens (including phenoxy) is 1. The summed E-state index contributed by atoms with van der Waals surface area (Å²) < 4.78 is 12.4. The van der Waals surface area contributed by atoms with Crippen LogP contribution in [0.1, 0.15) is 12.8 Å². The molecule has 1 N–H and O–H groups in total. The first-order valence-corrected chi connectivity index (χ1v) is 8.09. The van der Waals surface area contributed by atoms with E-state index < -0.39 is 0 Å². The fraction of sp³-hybridized carbons (Fsp3) is 0.235. The second-order valence-corrected chi connectivity index (χ2v) is 5.68. The third-order valence-corrected chi connectivity index (χ3v) is 3.86. The number of benzene rings is 1. The molecular formula is C17H17ClN4O3. The fourth-order valence-electron chi connectivity index (χ4n) is 2.35. The molecule has 0 bridgehead atoms. The van der Waals surface area contributed by atoms with Gasteiger partial charge in [0.25, 0.3) is 5.89 Å². The van der Waals surface area contributed by atoms with Gasteiger partial charge in [-0.15, -0.1) is 10.2 Å². The number of amides is 1. The van der Waals surface area contributed by atoms with E-state index in [-0.39, 0.29) is 12.5 Å². The Balaban J connectivity index is 1.71. The zero-order chi connectivity index (χ0) is 17.8. The summed E-state index contributed by atoms with van der Waals surface area (Å²) in [6.07, 6.45) is 2.44. The Morgan fingerprint density at radius 3 is 2.88 bits per heavy atom. The zero-order valence-corrected chi connectivity index (χ0v) is 14.6. The molecule has 0 saturated carbocycles. The number of halogens is 1. The predicted molar refractivity (Wildman–Crippen MR) is 93.7 cm³/mol. The normalized spacial score (nSPS) is 10.7. The van der Waals surface area contributed by atoms with Gasteiger partial charge in [-0.05, 0) is 30.3 Å². The minimum absolute atomic E-state index is 0.107. The monoisotopic (exact) mass is 360 g/mol. The summed E-state index contributed by atoms with van der Waals surface area (Å²) in [5, 5.41) is 11.2. The Morgan fingerprint density at radius 1 is 1.36 bits per heavy atom. The molecule has 0 fully saturated rings. The number of carbonyl (C=O) groups excluding carboxylic acids is 1. The molecule has 25 heavy (non-hydrogen) atoms. The van der Waals surface area contributed by atoms with E-state index in [0.717, 1.165) is 0 Å². The Bertz CT molecular complexity index is 888. The maximum Gasteiger partial charge on any atom is 0.264 e. The summed E-state index contributed by atoms with van der Waals surface area (Å²) in [6, 6.07) is 8.71. The van der Waals surface area contributed by atoms with Crippen LogP contribution in [0.25, 0.3) is 11.6 Å². The van der Waals surface area contributed by atoms with Crippen molar-refractivity contribution in [2.45, 2.75) is 19.9 Å². The van der Waals surface area contributed by atoms with Gasteiger partial charge in [-0.25, -0.2) is 0 Å². The van der Waals surface area contributed by atoms with Gasteiger partial charge in [0.1, 0.15) is 18.0 Å². The van der Waals surface area contributed by atoms with Crippen molar-refractivity contribution in [3.05, 3.63) is 47.4 Å². The highest BCUT2D eigenvalue weighted by Crippen LogP contribution is 2.27. The minimum atomic E-state index is -0.200. The molecule has 0 radical (unpaired) electrons. The molecule has 0 aliphatic heterocycles. The molecule has 0 unspecified atom stereocenters. The number of hydrogen-bond donors (Lipinski definition) is 1. The lowest BCUT2D eigenvalue weighted by molar-refractivity contribution is -0.116. The number of methoxy groups -OCH3 is 1.